The summed E-state index contributed by atoms with van der Waals surface area (Å²) >= 11 is 7.80. The van der Waals surface area contributed by atoms with Crippen LogP contribution in [0.3, 0.4) is 0 Å². The zero-order chi connectivity index (χ0) is 23.8. The Hall–Kier alpha value is -2.74. The van der Waals surface area contributed by atoms with Crippen LogP contribution in [0.1, 0.15) is 26.4 Å². The zero-order valence-corrected chi connectivity index (χ0v) is 20.2. The smallest absolute Gasteiger partial charge is 0.255 e. The molecule has 1 aromatic heterocycles. The number of halogens is 2. The molecule has 0 spiro atoms. The van der Waals surface area contributed by atoms with E-state index in [-0.39, 0.29) is 37.3 Å². The second-order valence-electron chi connectivity index (χ2n) is 7.60. The van der Waals surface area contributed by atoms with Crippen LogP contribution in [-0.4, -0.2) is 48.4 Å². The number of thiophene rings is 1. The molecule has 33 heavy (non-hydrogen) atoms. The molecule has 0 radical (unpaired) electrons. The summed E-state index contributed by atoms with van der Waals surface area (Å²) in [5, 5.41) is 2.31. The summed E-state index contributed by atoms with van der Waals surface area (Å²) in [4.78, 5) is 30.8. The van der Waals surface area contributed by atoms with Gasteiger partial charge in [0.1, 0.15) is 12.4 Å². The SMILES string of the molecule is COCCN(CC(=O)N(Cc1ccc(F)cc1)Cc1sccc1C)C(=O)c1ccccc1Cl. The van der Waals surface area contributed by atoms with Gasteiger partial charge in [-0.15, -0.1) is 11.3 Å². The minimum Gasteiger partial charge on any atom is -0.383 e. The van der Waals surface area contributed by atoms with Gasteiger partial charge in [0, 0.05) is 25.1 Å². The maximum absolute atomic E-state index is 13.4. The van der Waals surface area contributed by atoms with E-state index in [1.54, 1.807) is 59.7 Å². The number of carbonyl (C=O) groups excluding carboxylic acids is 2. The lowest BCUT2D eigenvalue weighted by molar-refractivity contribution is -0.133. The highest BCUT2D eigenvalue weighted by molar-refractivity contribution is 7.10. The van der Waals surface area contributed by atoms with Crippen LogP contribution in [0.2, 0.25) is 5.02 Å². The first-order valence-electron chi connectivity index (χ1n) is 10.5. The molecule has 0 bridgehead atoms. The summed E-state index contributed by atoms with van der Waals surface area (Å²) in [5.41, 5.74) is 2.24. The number of nitrogens with zero attached hydrogens (tertiary/aromatic N) is 2. The van der Waals surface area contributed by atoms with Crippen molar-refractivity contribution < 1.29 is 18.7 Å². The molecule has 5 nitrogen and oxygen atoms in total. The number of amides is 2. The summed E-state index contributed by atoms with van der Waals surface area (Å²) in [7, 11) is 1.54. The summed E-state index contributed by atoms with van der Waals surface area (Å²) in [6.45, 7) is 3.10. The Morgan fingerprint density at radius 2 is 1.76 bits per heavy atom. The fraction of sp³-hybridized carbons (Fsp3) is 0.280. The largest absolute Gasteiger partial charge is 0.383 e. The lowest BCUT2D eigenvalue weighted by Gasteiger charge is -2.28. The summed E-state index contributed by atoms with van der Waals surface area (Å²) in [6.07, 6.45) is 0. The van der Waals surface area contributed by atoms with E-state index < -0.39 is 0 Å². The van der Waals surface area contributed by atoms with Gasteiger partial charge in [0.05, 0.1) is 23.7 Å². The summed E-state index contributed by atoms with van der Waals surface area (Å²) in [5.74, 6) is -0.884. The molecule has 8 heteroatoms. The van der Waals surface area contributed by atoms with Gasteiger partial charge in [0.25, 0.3) is 5.91 Å². The van der Waals surface area contributed by atoms with Gasteiger partial charge in [-0.1, -0.05) is 35.9 Å². The van der Waals surface area contributed by atoms with Crippen molar-refractivity contribution in [1.29, 1.82) is 0 Å². The second-order valence-corrected chi connectivity index (χ2v) is 9.01. The van der Waals surface area contributed by atoms with Gasteiger partial charge in [0.2, 0.25) is 5.91 Å². The van der Waals surface area contributed by atoms with E-state index in [4.69, 9.17) is 16.3 Å². The molecule has 0 aliphatic rings. The lowest BCUT2D eigenvalue weighted by Crippen LogP contribution is -2.43. The quantitative estimate of drug-likeness (QED) is 0.396. The van der Waals surface area contributed by atoms with Crippen LogP contribution in [0.25, 0.3) is 0 Å². The van der Waals surface area contributed by atoms with Gasteiger partial charge < -0.3 is 14.5 Å². The molecule has 3 aromatic rings. The Morgan fingerprint density at radius 3 is 2.39 bits per heavy atom. The van der Waals surface area contributed by atoms with Crippen molar-refractivity contribution in [3.05, 3.63) is 92.4 Å². The average Bonchev–Trinajstić information content (AvgIpc) is 3.21. The highest BCUT2D eigenvalue weighted by atomic mass is 35.5. The zero-order valence-electron chi connectivity index (χ0n) is 18.6. The fourth-order valence-electron chi connectivity index (χ4n) is 3.30. The van der Waals surface area contributed by atoms with E-state index in [0.717, 1.165) is 16.0 Å². The maximum Gasteiger partial charge on any atom is 0.255 e. The van der Waals surface area contributed by atoms with Gasteiger partial charge in [0.15, 0.2) is 0 Å². The van der Waals surface area contributed by atoms with Crippen molar-refractivity contribution in [3.8, 4) is 0 Å². The molecular weight excluding hydrogens is 463 g/mol. The minimum absolute atomic E-state index is 0.126. The first kappa shape index (κ1) is 24.9. The molecule has 0 aliphatic heterocycles. The van der Waals surface area contributed by atoms with Gasteiger partial charge in [-0.05, 0) is 53.8 Å². The molecule has 174 valence electrons. The van der Waals surface area contributed by atoms with E-state index in [0.29, 0.717) is 23.7 Å². The van der Waals surface area contributed by atoms with Gasteiger partial charge in [-0.3, -0.25) is 9.59 Å². The molecule has 0 aliphatic carbocycles. The minimum atomic E-state index is -0.333. The number of aryl methyl sites for hydroxylation is 1. The van der Waals surface area contributed by atoms with Crippen LogP contribution >= 0.6 is 22.9 Å². The van der Waals surface area contributed by atoms with Crippen molar-refractivity contribution >= 4 is 34.8 Å². The van der Waals surface area contributed by atoms with E-state index in [2.05, 4.69) is 0 Å². The van der Waals surface area contributed by atoms with Crippen molar-refractivity contribution in [2.45, 2.75) is 20.0 Å². The Morgan fingerprint density at radius 1 is 1.03 bits per heavy atom. The Balaban J connectivity index is 1.83. The number of methoxy groups -OCH3 is 1. The van der Waals surface area contributed by atoms with E-state index in [1.807, 2.05) is 18.4 Å². The molecule has 1 heterocycles. The van der Waals surface area contributed by atoms with Gasteiger partial charge in [-0.25, -0.2) is 4.39 Å². The van der Waals surface area contributed by atoms with Gasteiger partial charge in [-0.2, -0.15) is 0 Å². The third kappa shape index (κ3) is 6.87. The van der Waals surface area contributed by atoms with Crippen molar-refractivity contribution in [3.63, 3.8) is 0 Å². The predicted octanol–water partition coefficient (Wildman–Crippen LogP) is 5.17. The van der Waals surface area contributed by atoms with Crippen LogP contribution in [0.4, 0.5) is 4.39 Å². The standard InChI is InChI=1S/C25H26ClFN2O3S/c1-18-11-14-33-23(18)16-29(15-19-7-9-20(27)10-8-19)24(30)17-28(12-13-32-2)25(31)21-5-3-4-6-22(21)26/h3-11,14H,12-13,15-17H2,1-2H3. The monoisotopic (exact) mass is 488 g/mol. The Bertz CT molecular complexity index is 1090. The molecule has 3 rings (SSSR count). The molecule has 2 amide bonds. The molecule has 2 aromatic carbocycles. The number of ether oxygens (including phenoxy) is 1. The van der Waals surface area contributed by atoms with Crippen molar-refractivity contribution in [2.75, 3.05) is 26.8 Å². The first-order chi connectivity index (χ1) is 15.9. The van der Waals surface area contributed by atoms with Crippen LogP contribution in [-0.2, 0) is 22.6 Å². The van der Waals surface area contributed by atoms with Crippen LogP contribution in [0, 0.1) is 12.7 Å². The average molecular weight is 489 g/mol. The first-order valence-corrected chi connectivity index (χ1v) is 11.7. The molecule has 0 saturated carbocycles. The number of hydrogen-bond acceptors (Lipinski definition) is 4. The summed E-state index contributed by atoms with van der Waals surface area (Å²) < 4.78 is 18.5. The fourth-order valence-corrected chi connectivity index (χ4v) is 4.44. The van der Waals surface area contributed by atoms with E-state index in [9.17, 15) is 14.0 Å². The van der Waals surface area contributed by atoms with Crippen molar-refractivity contribution in [1.82, 2.24) is 9.80 Å². The number of carbonyl (C=O) groups is 2. The molecule has 0 atom stereocenters. The van der Waals surface area contributed by atoms with Crippen LogP contribution < -0.4 is 0 Å². The summed E-state index contributed by atoms with van der Waals surface area (Å²) in [6, 6.07) is 14.8. The molecule has 0 saturated heterocycles. The number of rotatable bonds is 10. The highest BCUT2D eigenvalue weighted by Crippen LogP contribution is 2.21. The Kier molecular flexibility index (Phi) is 9.00. The number of benzene rings is 2. The maximum atomic E-state index is 13.4. The van der Waals surface area contributed by atoms with E-state index in [1.165, 1.54) is 17.0 Å². The van der Waals surface area contributed by atoms with Crippen LogP contribution in [0.15, 0.2) is 60.0 Å². The highest BCUT2D eigenvalue weighted by Gasteiger charge is 2.24. The van der Waals surface area contributed by atoms with E-state index >= 15 is 0 Å². The predicted molar refractivity (Wildman–Crippen MR) is 129 cm³/mol. The third-order valence-corrected chi connectivity index (χ3v) is 6.56. The van der Waals surface area contributed by atoms with Crippen LogP contribution in [0.5, 0.6) is 0 Å². The Labute approximate surface area is 202 Å². The normalized spacial score (nSPS) is 10.8. The molecule has 0 unspecified atom stereocenters. The molecule has 0 N–H and O–H groups in total. The number of hydrogen-bond donors (Lipinski definition) is 0. The second kappa shape index (κ2) is 11.9. The third-order valence-electron chi connectivity index (χ3n) is 5.22. The lowest BCUT2D eigenvalue weighted by atomic mass is 10.1. The molecule has 0 fully saturated rings. The van der Waals surface area contributed by atoms with Crippen molar-refractivity contribution in [2.24, 2.45) is 0 Å². The molecular formula is C25H26ClFN2O3S. The topological polar surface area (TPSA) is 49.9 Å². The van der Waals surface area contributed by atoms with Gasteiger partial charge >= 0.3 is 0 Å².